The molecule has 0 radical (unpaired) electrons. The molecule has 1 saturated carbocycles. The van der Waals surface area contributed by atoms with Crippen LogP contribution in [0.1, 0.15) is 30.3 Å². The topological polar surface area (TPSA) is 86.7 Å². The second kappa shape index (κ2) is 8.36. The number of aryl methyl sites for hydroxylation is 1. The van der Waals surface area contributed by atoms with Gasteiger partial charge in [0.15, 0.2) is 0 Å². The summed E-state index contributed by atoms with van der Waals surface area (Å²) >= 11 is 0. The molecule has 2 aromatic heterocycles. The second-order valence-electron chi connectivity index (χ2n) is 9.00. The van der Waals surface area contributed by atoms with Gasteiger partial charge in [0.1, 0.15) is 5.82 Å². The van der Waals surface area contributed by atoms with E-state index in [1.165, 1.54) is 6.07 Å². The van der Waals surface area contributed by atoms with Crippen LogP contribution in [0.2, 0.25) is 0 Å². The van der Waals surface area contributed by atoms with Gasteiger partial charge in [-0.1, -0.05) is 0 Å². The summed E-state index contributed by atoms with van der Waals surface area (Å²) in [5.74, 6) is -3.76. The quantitative estimate of drug-likeness (QED) is 0.608. The molecular formula is C22H25F3N8. The smallest absolute Gasteiger partial charge is 0.251 e. The monoisotopic (exact) mass is 458 g/mol. The van der Waals surface area contributed by atoms with Crippen molar-refractivity contribution in [3.8, 4) is 11.4 Å². The molecule has 1 saturated heterocycles. The lowest BCUT2D eigenvalue weighted by atomic mass is 10.0. The highest BCUT2D eigenvalue weighted by molar-refractivity contribution is 5.76. The maximum Gasteiger partial charge on any atom is 0.251 e. The van der Waals surface area contributed by atoms with Gasteiger partial charge in [0.25, 0.3) is 5.92 Å². The molecule has 1 aromatic carbocycles. The molecule has 1 aliphatic carbocycles. The minimum atomic E-state index is -2.65. The van der Waals surface area contributed by atoms with Gasteiger partial charge < -0.3 is 4.90 Å². The van der Waals surface area contributed by atoms with Crippen molar-refractivity contribution in [2.75, 3.05) is 24.5 Å². The van der Waals surface area contributed by atoms with E-state index in [4.69, 9.17) is 0 Å². The van der Waals surface area contributed by atoms with Crippen molar-refractivity contribution in [3.05, 3.63) is 47.0 Å². The number of hydrogen-bond donors (Lipinski definition) is 1. The molecule has 174 valence electrons. The first-order valence-electron chi connectivity index (χ1n) is 11.0. The predicted molar refractivity (Wildman–Crippen MR) is 115 cm³/mol. The largest absolute Gasteiger partial charge is 0.368 e. The first kappa shape index (κ1) is 21.7. The highest BCUT2D eigenvalue weighted by Crippen LogP contribution is 2.50. The molecule has 2 fully saturated rings. The number of anilines is 1. The van der Waals surface area contributed by atoms with Crippen molar-refractivity contribution >= 4 is 5.69 Å². The molecular weight excluding hydrogens is 433 g/mol. The van der Waals surface area contributed by atoms with Gasteiger partial charge in [-0.3, -0.25) is 4.90 Å². The Kier molecular flexibility index (Phi) is 5.51. The third kappa shape index (κ3) is 4.54. The first-order chi connectivity index (χ1) is 15.8. The Labute approximate surface area is 189 Å². The molecule has 5 rings (SSSR count). The molecule has 1 aliphatic heterocycles. The van der Waals surface area contributed by atoms with Crippen molar-refractivity contribution in [3.63, 3.8) is 0 Å². The summed E-state index contributed by atoms with van der Waals surface area (Å²) in [6.45, 7) is 6.67. The number of hydrogen-bond acceptors (Lipinski definition) is 7. The van der Waals surface area contributed by atoms with Crippen LogP contribution in [0, 0.1) is 18.7 Å². The van der Waals surface area contributed by atoms with Crippen LogP contribution in [0.3, 0.4) is 0 Å². The third-order valence-corrected chi connectivity index (χ3v) is 6.46. The number of nitrogens with zero attached hydrogens (tertiary/aromatic N) is 7. The Balaban J connectivity index is 1.39. The van der Waals surface area contributed by atoms with E-state index >= 15 is 4.39 Å². The Morgan fingerprint density at radius 1 is 1.15 bits per heavy atom. The number of piperazine rings is 1. The van der Waals surface area contributed by atoms with Crippen LogP contribution in [0.4, 0.5) is 18.9 Å². The fraction of sp³-hybridized carbons (Fsp3) is 0.500. The Hall–Kier alpha value is -3.08. The minimum Gasteiger partial charge on any atom is -0.368 e. The summed E-state index contributed by atoms with van der Waals surface area (Å²) in [6.07, 6.45) is -0.000781. The zero-order valence-electron chi connectivity index (χ0n) is 18.5. The van der Waals surface area contributed by atoms with Crippen LogP contribution in [0.25, 0.3) is 11.4 Å². The van der Waals surface area contributed by atoms with Gasteiger partial charge in [-0.2, -0.15) is 15.4 Å². The molecule has 11 heteroatoms. The second-order valence-corrected chi connectivity index (χ2v) is 9.00. The summed E-state index contributed by atoms with van der Waals surface area (Å²) in [7, 11) is 0. The van der Waals surface area contributed by atoms with E-state index in [9.17, 15) is 8.78 Å². The Morgan fingerprint density at radius 3 is 2.61 bits per heavy atom. The summed E-state index contributed by atoms with van der Waals surface area (Å²) in [4.78, 5) is 4.38. The van der Waals surface area contributed by atoms with Crippen LogP contribution < -0.4 is 4.90 Å². The van der Waals surface area contributed by atoms with Crippen LogP contribution in [0.15, 0.2) is 24.3 Å². The SMILES string of the molecule is Cc1ccc(CN2CCN(c3cc(CC4CC4(F)F)cc(F)c3-c3nn[nH]n3)C[C@@H]2C)nn1. The van der Waals surface area contributed by atoms with E-state index < -0.39 is 17.7 Å². The maximum atomic E-state index is 15.2. The first-order valence-corrected chi connectivity index (χ1v) is 11.0. The van der Waals surface area contributed by atoms with E-state index in [1.807, 2.05) is 19.1 Å². The predicted octanol–water partition coefficient (Wildman–Crippen LogP) is 3.01. The number of aromatic amines is 1. The number of aromatic nitrogens is 6. The van der Waals surface area contributed by atoms with Crippen LogP contribution in [-0.4, -0.2) is 67.3 Å². The van der Waals surface area contributed by atoms with E-state index in [2.05, 4.69) is 47.5 Å². The molecule has 0 amide bonds. The summed E-state index contributed by atoms with van der Waals surface area (Å²) in [5, 5.41) is 22.2. The summed E-state index contributed by atoms with van der Waals surface area (Å²) in [6, 6.07) is 7.19. The summed E-state index contributed by atoms with van der Waals surface area (Å²) < 4.78 is 42.2. The van der Waals surface area contributed by atoms with E-state index in [0.717, 1.165) is 17.9 Å². The fourth-order valence-corrected chi connectivity index (χ4v) is 4.45. The van der Waals surface area contributed by atoms with E-state index in [1.54, 1.807) is 6.07 Å². The lowest BCUT2D eigenvalue weighted by molar-refractivity contribution is 0.0989. The van der Waals surface area contributed by atoms with Gasteiger partial charge in [-0.15, -0.1) is 10.2 Å². The van der Waals surface area contributed by atoms with Crippen LogP contribution in [0.5, 0.6) is 0 Å². The van der Waals surface area contributed by atoms with E-state index in [0.29, 0.717) is 30.9 Å². The Bertz CT molecular complexity index is 1120. The molecule has 33 heavy (non-hydrogen) atoms. The summed E-state index contributed by atoms with van der Waals surface area (Å²) in [5.41, 5.74) is 3.17. The zero-order valence-corrected chi connectivity index (χ0v) is 18.5. The molecule has 0 spiro atoms. The van der Waals surface area contributed by atoms with Crippen molar-refractivity contribution < 1.29 is 13.2 Å². The number of alkyl halides is 2. The number of benzene rings is 1. The molecule has 2 atom stereocenters. The normalized spacial score (nSPS) is 22.5. The number of tetrazole rings is 1. The van der Waals surface area contributed by atoms with Gasteiger partial charge in [0.05, 0.1) is 22.6 Å². The van der Waals surface area contributed by atoms with Crippen LogP contribution in [-0.2, 0) is 13.0 Å². The number of H-pyrrole nitrogens is 1. The van der Waals surface area contributed by atoms with Gasteiger partial charge in [0.2, 0.25) is 5.82 Å². The van der Waals surface area contributed by atoms with Crippen molar-refractivity contribution in [1.29, 1.82) is 0 Å². The molecule has 1 unspecified atom stereocenters. The standard InChI is InChI=1S/C22H25F3N8/c1-13-3-4-17(27-26-13)12-32-5-6-33(11-14(32)2)19-9-15(7-16-10-22(16,24)25)8-18(23)20(19)21-28-30-31-29-21/h3-4,8-9,14,16H,5-7,10-12H2,1-2H3,(H,28,29,30,31)/t14-,16?/m0/s1. The van der Waals surface area contributed by atoms with Crippen LogP contribution >= 0.6 is 0 Å². The average Bonchev–Trinajstić information content (AvgIpc) is 3.14. The van der Waals surface area contributed by atoms with Gasteiger partial charge in [-0.25, -0.2) is 13.2 Å². The minimum absolute atomic E-state index is 0.144. The van der Waals surface area contributed by atoms with Crippen molar-refractivity contribution in [2.45, 2.75) is 45.2 Å². The van der Waals surface area contributed by atoms with Gasteiger partial charge in [0, 0.05) is 44.6 Å². The number of nitrogens with one attached hydrogen (secondary N) is 1. The molecule has 2 aliphatic rings. The third-order valence-electron chi connectivity index (χ3n) is 6.46. The molecule has 1 N–H and O–H groups in total. The average molecular weight is 458 g/mol. The molecule has 3 aromatic rings. The van der Waals surface area contributed by atoms with Crippen molar-refractivity contribution in [2.24, 2.45) is 5.92 Å². The number of halogens is 3. The Morgan fingerprint density at radius 2 is 1.97 bits per heavy atom. The van der Waals surface area contributed by atoms with Gasteiger partial charge >= 0.3 is 0 Å². The lowest BCUT2D eigenvalue weighted by Crippen LogP contribution is -2.51. The maximum absolute atomic E-state index is 15.2. The highest BCUT2D eigenvalue weighted by atomic mass is 19.3. The van der Waals surface area contributed by atoms with Crippen molar-refractivity contribution in [1.82, 2.24) is 35.7 Å². The molecule has 0 bridgehead atoms. The molecule has 3 heterocycles. The van der Waals surface area contributed by atoms with Gasteiger partial charge in [-0.05, 0) is 55.3 Å². The lowest BCUT2D eigenvalue weighted by Gasteiger charge is -2.41. The molecule has 8 nitrogen and oxygen atoms in total. The fourth-order valence-electron chi connectivity index (χ4n) is 4.45. The highest BCUT2D eigenvalue weighted by Gasteiger charge is 2.56. The van der Waals surface area contributed by atoms with E-state index in [-0.39, 0.29) is 30.3 Å². The number of rotatable bonds is 6. The zero-order chi connectivity index (χ0) is 23.2.